The molecule has 1 heterocycles. The summed E-state index contributed by atoms with van der Waals surface area (Å²) in [5.41, 5.74) is -0.441. The van der Waals surface area contributed by atoms with Gasteiger partial charge < -0.3 is 10.6 Å². The van der Waals surface area contributed by atoms with Crippen LogP contribution in [0.5, 0.6) is 0 Å². The van der Waals surface area contributed by atoms with Crippen molar-refractivity contribution in [2.75, 3.05) is 10.6 Å². The van der Waals surface area contributed by atoms with Gasteiger partial charge >= 0.3 is 6.18 Å². The Kier molecular flexibility index (Phi) is 5.58. The topological polar surface area (TPSA) is 49.8 Å². The minimum absolute atomic E-state index is 0.0207. The number of aromatic nitrogens is 2. The predicted molar refractivity (Wildman–Crippen MR) is 84.1 cm³/mol. The molecule has 0 spiro atoms. The molecule has 2 N–H and O–H groups in total. The number of hydrogen-bond donors (Lipinski definition) is 2. The molecule has 0 aliphatic rings. The van der Waals surface area contributed by atoms with E-state index < -0.39 is 17.7 Å². The van der Waals surface area contributed by atoms with Gasteiger partial charge in [0.25, 0.3) is 0 Å². The molecule has 130 valence electrons. The largest absolute Gasteiger partial charge is 0.433 e. The van der Waals surface area contributed by atoms with Crippen LogP contribution in [0.3, 0.4) is 0 Å². The SMILES string of the molecule is CC[C@H](C)Nc1nc(NCc2cccc(F)c2)cc(C(F)(F)F)n1. The van der Waals surface area contributed by atoms with Crippen molar-refractivity contribution in [1.82, 2.24) is 9.97 Å². The molecule has 0 unspecified atom stereocenters. The van der Waals surface area contributed by atoms with Crippen LogP contribution in [0.4, 0.5) is 29.3 Å². The minimum atomic E-state index is -4.58. The molecule has 2 rings (SSSR count). The van der Waals surface area contributed by atoms with Crippen LogP contribution in [0, 0.1) is 5.82 Å². The second kappa shape index (κ2) is 7.46. The summed E-state index contributed by atoms with van der Waals surface area (Å²) in [5, 5.41) is 5.60. The Morgan fingerprint density at radius 1 is 1.17 bits per heavy atom. The van der Waals surface area contributed by atoms with E-state index in [2.05, 4.69) is 20.6 Å². The van der Waals surface area contributed by atoms with Crippen LogP contribution >= 0.6 is 0 Å². The molecule has 0 amide bonds. The number of nitrogens with zero attached hydrogens (tertiary/aromatic N) is 2. The highest BCUT2D eigenvalue weighted by Gasteiger charge is 2.33. The molecule has 0 bridgehead atoms. The number of anilines is 2. The van der Waals surface area contributed by atoms with Gasteiger partial charge in [0.2, 0.25) is 5.95 Å². The smallest absolute Gasteiger partial charge is 0.366 e. The van der Waals surface area contributed by atoms with Crippen molar-refractivity contribution >= 4 is 11.8 Å². The van der Waals surface area contributed by atoms with Crippen molar-refractivity contribution in [3.63, 3.8) is 0 Å². The first-order valence-electron chi connectivity index (χ1n) is 7.49. The lowest BCUT2D eigenvalue weighted by molar-refractivity contribution is -0.141. The van der Waals surface area contributed by atoms with Crippen LogP contribution < -0.4 is 10.6 Å². The molecule has 0 saturated heterocycles. The van der Waals surface area contributed by atoms with Gasteiger partial charge in [-0.3, -0.25) is 0 Å². The zero-order chi connectivity index (χ0) is 17.7. The first kappa shape index (κ1) is 18.0. The van der Waals surface area contributed by atoms with Gasteiger partial charge in [-0.15, -0.1) is 0 Å². The number of hydrogen-bond acceptors (Lipinski definition) is 4. The maximum atomic E-state index is 13.1. The normalized spacial score (nSPS) is 12.8. The summed E-state index contributed by atoms with van der Waals surface area (Å²) in [7, 11) is 0. The van der Waals surface area contributed by atoms with E-state index in [1.165, 1.54) is 18.2 Å². The Hall–Kier alpha value is -2.38. The van der Waals surface area contributed by atoms with E-state index >= 15 is 0 Å². The molecule has 2 aromatic rings. The van der Waals surface area contributed by atoms with Gasteiger partial charge in [0.05, 0.1) is 0 Å². The molecular weight excluding hydrogens is 324 g/mol. The van der Waals surface area contributed by atoms with Crippen LogP contribution in [-0.2, 0) is 12.7 Å². The molecule has 0 fully saturated rings. The van der Waals surface area contributed by atoms with Gasteiger partial charge in [-0.1, -0.05) is 19.1 Å². The van der Waals surface area contributed by atoms with Crippen molar-refractivity contribution in [1.29, 1.82) is 0 Å². The third kappa shape index (κ3) is 5.07. The highest BCUT2D eigenvalue weighted by atomic mass is 19.4. The minimum Gasteiger partial charge on any atom is -0.366 e. The van der Waals surface area contributed by atoms with Crippen LogP contribution in [0.15, 0.2) is 30.3 Å². The van der Waals surface area contributed by atoms with E-state index in [9.17, 15) is 17.6 Å². The monoisotopic (exact) mass is 342 g/mol. The molecule has 24 heavy (non-hydrogen) atoms. The molecule has 0 aliphatic carbocycles. The number of nitrogens with one attached hydrogen (secondary N) is 2. The van der Waals surface area contributed by atoms with Crippen molar-refractivity contribution in [3.8, 4) is 0 Å². The quantitative estimate of drug-likeness (QED) is 0.761. The molecule has 0 radical (unpaired) electrons. The van der Waals surface area contributed by atoms with Gasteiger partial charge in [-0.05, 0) is 31.0 Å². The maximum Gasteiger partial charge on any atom is 0.433 e. The fourth-order valence-electron chi connectivity index (χ4n) is 1.91. The molecule has 0 aliphatic heterocycles. The molecule has 1 atom stereocenters. The number of halogens is 4. The predicted octanol–water partition coefficient (Wildman–Crippen LogP) is 4.46. The van der Waals surface area contributed by atoms with Crippen molar-refractivity contribution in [2.45, 2.75) is 39.0 Å². The Labute approximate surface area is 137 Å². The Morgan fingerprint density at radius 2 is 1.92 bits per heavy atom. The standard InChI is InChI=1S/C16H18F4N4/c1-3-10(2)22-15-23-13(16(18,19)20)8-14(24-15)21-9-11-5-4-6-12(17)7-11/h4-8,10H,3,9H2,1-2H3,(H2,21,22,23,24)/t10-/m0/s1. The Morgan fingerprint density at radius 3 is 2.54 bits per heavy atom. The molecule has 4 nitrogen and oxygen atoms in total. The Balaban J connectivity index is 2.22. The summed E-state index contributed by atoms with van der Waals surface area (Å²) in [6, 6.07) is 6.57. The third-order valence-electron chi connectivity index (χ3n) is 3.37. The lowest BCUT2D eigenvalue weighted by Gasteiger charge is -2.15. The van der Waals surface area contributed by atoms with E-state index in [1.54, 1.807) is 6.07 Å². The molecule has 0 saturated carbocycles. The highest BCUT2D eigenvalue weighted by Crippen LogP contribution is 2.30. The van der Waals surface area contributed by atoms with Crippen LogP contribution in [0.1, 0.15) is 31.5 Å². The number of benzene rings is 1. The average Bonchev–Trinajstić information content (AvgIpc) is 2.52. The highest BCUT2D eigenvalue weighted by molar-refractivity contribution is 5.44. The molecule has 1 aromatic carbocycles. The summed E-state index contributed by atoms with van der Waals surface area (Å²) in [5.74, 6) is -0.486. The lowest BCUT2D eigenvalue weighted by atomic mass is 10.2. The van der Waals surface area contributed by atoms with E-state index in [1.807, 2.05) is 13.8 Å². The zero-order valence-corrected chi connectivity index (χ0v) is 13.3. The summed E-state index contributed by atoms with van der Waals surface area (Å²) in [6.45, 7) is 3.87. The van der Waals surface area contributed by atoms with Gasteiger partial charge in [-0.25, -0.2) is 9.37 Å². The lowest BCUT2D eigenvalue weighted by Crippen LogP contribution is -2.19. The van der Waals surface area contributed by atoms with Crippen LogP contribution in [0.25, 0.3) is 0 Å². The molecular formula is C16H18F4N4. The summed E-state index contributed by atoms with van der Waals surface area (Å²) >= 11 is 0. The first-order valence-corrected chi connectivity index (χ1v) is 7.49. The summed E-state index contributed by atoms with van der Waals surface area (Å²) < 4.78 is 52.1. The summed E-state index contributed by atoms with van der Waals surface area (Å²) in [6.07, 6.45) is -3.87. The summed E-state index contributed by atoms with van der Waals surface area (Å²) in [4.78, 5) is 7.56. The average molecular weight is 342 g/mol. The van der Waals surface area contributed by atoms with Gasteiger partial charge in [0.1, 0.15) is 11.6 Å². The van der Waals surface area contributed by atoms with Crippen molar-refractivity contribution in [3.05, 3.63) is 47.4 Å². The number of alkyl halides is 3. The molecule has 1 aromatic heterocycles. The van der Waals surface area contributed by atoms with E-state index in [4.69, 9.17) is 0 Å². The van der Waals surface area contributed by atoms with Crippen LogP contribution in [-0.4, -0.2) is 16.0 Å². The third-order valence-corrected chi connectivity index (χ3v) is 3.37. The first-order chi connectivity index (χ1) is 11.3. The maximum absolute atomic E-state index is 13.1. The second-order valence-electron chi connectivity index (χ2n) is 5.40. The van der Waals surface area contributed by atoms with Gasteiger partial charge in [0.15, 0.2) is 5.69 Å². The van der Waals surface area contributed by atoms with E-state index in [0.717, 1.165) is 6.07 Å². The van der Waals surface area contributed by atoms with E-state index in [-0.39, 0.29) is 24.4 Å². The second-order valence-corrected chi connectivity index (χ2v) is 5.40. The fraction of sp³-hybridized carbons (Fsp3) is 0.375. The van der Waals surface area contributed by atoms with Crippen molar-refractivity contribution in [2.24, 2.45) is 0 Å². The molecule has 8 heteroatoms. The zero-order valence-electron chi connectivity index (χ0n) is 13.3. The number of rotatable bonds is 6. The van der Waals surface area contributed by atoms with Gasteiger partial charge in [0, 0.05) is 18.7 Å². The van der Waals surface area contributed by atoms with Gasteiger partial charge in [-0.2, -0.15) is 18.2 Å². The van der Waals surface area contributed by atoms with Crippen molar-refractivity contribution < 1.29 is 17.6 Å². The Bertz CT molecular complexity index is 688. The van der Waals surface area contributed by atoms with Crippen LogP contribution in [0.2, 0.25) is 0 Å². The van der Waals surface area contributed by atoms with E-state index in [0.29, 0.717) is 12.0 Å². The fourth-order valence-corrected chi connectivity index (χ4v) is 1.91.